The van der Waals surface area contributed by atoms with E-state index in [0.29, 0.717) is 6.04 Å². The lowest BCUT2D eigenvalue weighted by Gasteiger charge is -2.32. The summed E-state index contributed by atoms with van der Waals surface area (Å²) in [5.41, 5.74) is 2.95. The highest BCUT2D eigenvalue weighted by atomic mass is 15.2. The van der Waals surface area contributed by atoms with E-state index in [1.165, 1.54) is 31.4 Å². The van der Waals surface area contributed by atoms with Gasteiger partial charge in [-0.2, -0.15) is 0 Å². The number of aromatic nitrogens is 3. The minimum Gasteiger partial charge on any atom is -0.368 e. The summed E-state index contributed by atoms with van der Waals surface area (Å²) < 4.78 is 0. The molecule has 21 heavy (non-hydrogen) atoms. The van der Waals surface area contributed by atoms with E-state index < -0.39 is 0 Å². The molecule has 2 aromatic rings. The Morgan fingerprint density at radius 3 is 2.95 bits per heavy atom. The lowest BCUT2D eigenvalue weighted by Crippen LogP contribution is -2.40. The van der Waals surface area contributed by atoms with Crippen LogP contribution in [0.5, 0.6) is 0 Å². The molecule has 1 atom stereocenters. The van der Waals surface area contributed by atoms with Crippen molar-refractivity contribution in [2.24, 2.45) is 0 Å². The van der Waals surface area contributed by atoms with Gasteiger partial charge in [0, 0.05) is 18.3 Å². The SMILES string of the molecule is Cc1cc(C)c2c(NC[C@@H]3CCCCN3C)ncnc2n1. The number of anilines is 1. The third-order valence-electron chi connectivity index (χ3n) is 4.36. The second kappa shape index (κ2) is 5.93. The number of hydrogen-bond donors (Lipinski definition) is 1. The van der Waals surface area contributed by atoms with E-state index in [9.17, 15) is 0 Å². The second-order valence-corrected chi connectivity index (χ2v) is 6.01. The molecule has 5 heteroatoms. The van der Waals surface area contributed by atoms with Gasteiger partial charge >= 0.3 is 0 Å². The van der Waals surface area contributed by atoms with Gasteiger partial charge in [-0.1, -0.05) is 6.42 Å². The molecule has 1 fully saturated rings. The highest BCUT2D eigenvalue weighted by molar-refractivity contribution is 5.89. The van der Waals surface area contributed by atoms with Gasteiger partial charge in [-0.05, 0) is 51.9 Å². The number of hydrogen-bond acceptors (Lipinski definition) is 5. The Hall–Kier alpha value is -1.75. The standard InChI is InChI=1S/C16H23N5/c1-11-8-12(2)20-16-14(11)15(18-10-19-16)17-9-13-6-4-5-7-21(13)3/h8,10,13H,4-7,9H2,1-3H3,(H,17,18,19,20)/t13-/m0/s1. The van der Waals surface area contributed by atoms with Gasteiger partial charge in [-0.3, -0.25) is 0 Å². The monoisotopic (exact) mass is 285 g/mol. The van der Waals surface area contributed by atoms with Crippen molar-refractivity contribution in [3.63, 3.8) is 0 Å². The molecule has 3 heterocycles. The summed E-state index contributed by atoms with van der Waals surface area (Å²) in [7, 11) is 2.21. The Morgan fingerprint density at radius 2 is 2.14 bits per heavy atom. The highest BCUT2D eigenvalue weighted by Gasteiger charge is 2.19. The molecule has 0 spiro atoms. The number of fused-ring (bicyclic) bond motifs is 1. The second-order valence-electron chi connectivity index (χ2n) is 6.01. The minimum absolute atomic E-state index is 0.586. The first-order chi connectivity index (χ1) is 10.1. The van der Waals surface area contributed by atoms with Crippen molar-refractivity contribution >= 4 is 16.9 Å². The molecule has 1 saturated heterocycles. The fraction of sp³-hybridized carbons (Fsp3) is 0.562. The highest BCUT2D eigenvalue weighted by Crippen LogP contribution is 2.23. The molecule has 0 saturated carbocycles. The van der Waals surface area contributed by atoms with E-state index in [4.69, 9.17) is 0 Å². The van der Waals surface area contributed by atoms with Crippen LogP contribution >= 0.6 is 0 Å². The Bertz CT molecular complexity index is 640. The third-order valence-corrected chi connectivity index (χ3v) is 4.36. The van der Waals surface area contributed by atoms with Crippen LogP contribution in [-0.4, -0.2) is 46.0 Å². The number of nitrogens with zero attached hydrogens (tertiary/aromatic N) is 4. The zero-order valence-electron chi connectivity index (χ0n) is 13.1. The van der Waals surface area contributed by atoms with Crippen LogP contribution in [-0.2, 0) is 0 Å². The van der Waals surface area contributed by atoms with Gasteiger partial charge in [0.2, 0.25) is 0 Å². The fourth-order valence-corrected chi connectivity index (χ4v) is 3.16. The van der Waals surface area contributed by atoms with E-state index in [0.717, 1.165) is 29.1 Å². The Labute approximate surface area is 125 Å². The number of pyridine rings is 1. The minimum atomic E-state index is 0.586. The molecule has 1 aliphatic heterocycles. The van der Waals surface area contributed by atoms with Gasteiger partial charge in [-0.15, -0.1) is 0 Å². The molecule has 0 aliphatic carbocycles. The maximum Gasteiger partial charge on any atom is 0.165 e. The Kier molecular flexibility index (Phi) is 4.01. The number of rotatable bonds is 3. The van der Waals surface area contributed by atoms with Crippen LogP contribution in [0.2, 0.25) is 0 Å². The van der Waals surface area contributed by atoms with Crippen molar-refractivity contribution in [3.8, 4) is 0 Å². The summed E-state index contributed by atoms with van der Waals surface area (Å²) in [6.07, 6.45) is 5.48. The number of aryl methyl sites for hydroxylation is 2. The van der Waals surface area contributed by atoms with Crippen molar-refractivity contribution < 1.29 is 0 Å². The van der Waals surface area contributed by atoms with Crippen LogP contribution in [0.1, 0.15) is 30.5 Å². The topological polar surface area (TPSA) is 53.9 Å². The number of likely N-dealkylation sites (N-methyl/N-ethyl adjacent to an activating group) is 1. The fourth-order valence-electron chi connectivity index (χ4n) is 3.16. The van der Waals surface area contributed by atoms with E-state index in [-0.39, 0.29) is 0 Å². The molecule has 3 rings (SSSR count). The smallest absolute Gasteiger partial charge is 0.165 e. The summed E-state index contributed by atoms with van der Waals surface area (Å²) >= 11 is 0. The molecule has 0 bridgehead atoms. The quantitative estimate of drug-likeness (QED) is 0.939. The van der Waals surface area contributed by atoms with Crippen LogP contribution in [0.15, 0.2) is 12.4 Å². The molecule has 0 aromatic carbocycles. The number of piperidine rings is 1. The van der Waals surface area contributed by atoms with Crippen molar-refractivity contribution in [1.29, 1.82) is 0 Å². The molecule has 5 nitrogen and oxygen atoms in total. The van der Waals surface area contributed by atoms with Crippen molar-refractivity contribution in [2.75, 3.05) is 25.5 Å². The predicted octanol–water partition coefficient (Wildman–Crippen LogP) is 2.54. The van der Waals surface area contributed by atoms with Gasteiger partial charge in [0.1, 0.15) is 12.1 Å². The lowest BCUT2D eigenvalue weighted by atomic mass is 10.0. The van der Waals surface area contributed by atoms with Gasteiger partial charge in [0.15, 0.2) is 5.65 Å². The number of nitrogens with one attached hydrogen (secondary N) is 1. The summed E-state index contributed by atoms with van der Waals surface area (Å²) in [6, 6.07) is 2.67. The normalized spacial score (nSPS) is 19.9. The zero-order valence-corrected chi connectivity index (χ0v) is 13.1. The lowest BCUT2D eigenvalue weighted by molar-refractivity contribution is 0.194. The molecule has 112 valence electrons. The van der Waals surface area contributed by atoms with Gasteiger partial charge < -0.3 is 10.2 Å². The first kappa shape index (κ1) is 14.2. The van der Waals surface area contributed by atoms with Crippen LogP contribution in [0.4, 0.5) is 5.82 Å². The maximum absolute atomic E-state index is 4.51. The van der Waals surface area contributed by atoms with Crippen LogP contribution in [0.3, 0.4) is 0 Å². The average molecular weight is 285 g/mol. The van der Waals surface area contributed by atoms with E-state index in [2.05, 4.69) is 45.2 Å². The van der Waals surface area contributed by atoms with Gasteiger partial charge in [0.05, 0.1) is 5.39 Å². The summed E-state index contributed by atoms with van der Waals surface area (Å²) in [4.78, 5) is 15.7. The van der Waals surface area contributed by atoms with Gasteiger partial charge in [-0.25, -0.2) is 15.0 Å². The molecule has 0 amide bonds. The molecular weight excluding hydrogens is 262 g/mol. The van der Waals surface area contributed by atoms with Crippen molar-refractivity contribution in [3.05, 3.63) is 23.7 Å². The van der Waals surface area contributed by atoms with Crippen LogP contribution in [0.25, 0.3) is 11.0 Å². The van der Waals surface area contributed by atoms with Crippen LogP contribution in [0, 0.1) is 13.8 Å². The first-order valence-corrected chi connectivity index (χ1v) is 7.68. The summed E-state index contributed by atoms with van der Waals surface area (Å²) in [6.45, 7) is 6.21. The number of likely N-dealkylation sites (tertiary alicyclic amines) is 1. The third kappa shape index (κ3) is 2.97. The molecule has 1 N–H and O–H groups in total. The summed E-state index contributed by atoms with van der Waals surface area (Å²) in [5, 5.41) is 4.56. The van der Waals surface area contributed by atoms with Crippen molar-refractivity contribution in [1.82, 2.24) is 19.9 Å². The molecule has 1 aliphatic rings. The van der Waals surface area contributed by atoms with E-state index >= 15 is 0 Å². The van der Waals surface area contributed by atoms with Crippen LogP contribution < -0.4 is 5.32 Å². The summed E-state index contributed by atoms with van der Waals surface area (Å²) in [5.74, 6) is 0.906. The van der Waals surface area contributed by atoms with Crippen molar-refractivity contribution in [2.45, 2.75) is 39.2 Å². The average Bonchev–Trinajstić information content (AvgIpc) is 2.45. The Balaban J connectivity index is 1.84. The predicted molar refractivity (Wildman–Crippen MR) is 85.6 cm³/mol. The first-order valence-electron chi connectivity index (χ1n) is 7.68. The Morgan fingerprint density at radius 1 is 1.29 bits per heavy atom. The van der Waals surface area contributed by atoms with E-state index in [1.807, 2.05) is 6.92 Å². The molecular formula is C16H23N5. The van der Waals surface area contributed by atoms with E-state index in [1.54, 1.807) is 6.33 Å². The maximum atomic E-state index is 4.51. The molecule has 0 unspecified atom stereocenters. The zero-order chi connectivity index (χ0) is 14.8. The molecule has 0 radical (unpaired) electrons. The molecule has 2 aromatic heterocycles. The largest absolute Gasteiger partial charge is 0.368 e. The van der Waals surface area contributed by atoms with Gasteiger partial charge in [0.25, 0.3) is 0 Å².